The van der Waals surface area contributed by atoms with Crippen LogP contribution in [0.4, 0.5) is 5.82 Å². The van der Waals surface area contributed by atoms with Gasteiger partial charge in [-0.1, -0.05) is 13.0 Å². The highest BCUT2D eigenvalue weighted by atomic mass is 16.3. The summed E-state index contributed by atoms with van der Waals surface area (Å²) in [5.74, 6) is 0.125. The highest BCUT2D eigenvalue weighted by molar-refractivity contribution is 6.11. The molecule has 3 N–H and O–H groups in total. The van der Waals surface area contributed by atoms with Gasteiger partial charge >= 0.3 is 0 Å². The molecule has 0 amide bonds. The van der Waals surface area contributed by atoms with E-state index < -0.39 is 6.23 Å². The van der Waals surface area contributed by atoms with E-state index in [2.05, 4.69) is 17.1 Å². The van der Waals surface area contributed by atoms with Crippen LogP contribution in [0.3, 0.4) is 0 Å². The number of hydrogen-bond donors (Lipinski definition) is 3. The average molecular weight is 363 g/mol. The first-order valence-electron chi connectivity index (χ1n) is 8.92. The van der Waals surface area contributed by atoms with Crippen LogP contribution in [0, 0.1) is 16.7 Å². The maximum atomic E-state index is 10.5. The van der Waals surface area contributed by atoms with Gasteiger partial charge in [0.15, 0.2) is 12.0 Å². The molecule has 0 spiro atoms. The van der Waals surface area contributed by atoms with E-state index >= 15 is 0 Å². The summed E-state index contributed by atoms with van der Waals surface area (Å²) in [4.78, 5) is 4.71. The molecular formula is C19H21N7O. The fraction of sp³-hybridized carbons (Fsp3) is 0.316. The average Bonchev–Trinajstić information content (AvgIpc) is 3.30. The van der Waals surface area contributed by atoms with E-state index in [1.807, 2.05) is 29.1 Å². The summed E-state index contributed by atoms with van der Waals surface area (Å²) in [5, 5.41) is 35.8. The van der Waals surface area contributed by atoms with Crippen molar-refractivity contribution in [1.29, 1.82) is 10.8 Å². The lowest BCUT2D eigenvalue weighted by Gasteiger charge is -2.21. The molecule has 4 rings (SSSR count). The van der Waals surface area contributed by atoms with Crippen LogP contribution in [0.25, 0.3) is 10.9 Å². The van der Waals surface area contributed by atoms with Gasteiger partial charge < -0.3 is 15.9 Å². The van der Waals surface area contributed by atoms with Crippen LogP contribution in [0.15, 0.2) is 35.6 Å². The van der Waals surface area contributed by atoms with E-state index in [1.54, 1.807) is 13.1 Å². The van der Waals surface area contributed by atoms with Gasteiger partial charge in [-0.05, 0) is 24.6 Å². The Balaban J connectivity index is 1.79. The zero-order valence-corrected chi connectivity index (χ0v) is 15.2. The second kappa shape index (κ2) is 6.55. The van der Waals surface area contributed by atoms with Crippen LogP contribution in [0.2, 0.25) is 0 Å². The number of aliphatic hydroxyl groups is 1. The van der Waals surface area contributed by atoms with Gasteiger partial charge in [-0.3, -0.25) is 4.68 Å². The van der Waals surface area contributed by atoms with Gasteiger partial charge in [0.05, 0.1) is 34.9 Å². The van der Waals surface area contributed by atoms with Crippen LogP contribution in [-0.4, -0.2) is 42.3 Å². The first-order valence-corrected chi connectivity index (χ1v) is 8.92. The molecule has 0 saturated carbocycles. The molecule has 2 atom stereocenters. The Morgan fingerprint density at radius 3 is 2.93 bits per heavy atom. The fourth-order valence-electron chi connectivity index (χ4n) is 3.34. The van der Waals surface area contributed by atoms with Crippen molar-refractivity contribution in [2.24, 2.45) is 10.9 Å². The van der Waals surface area contributed by atoms with Crippen molar-refractivity contribution in [3.8, 4) is 0 Å². The summed E-state index contributed by atoms with van der Waals surface area (Å²) in [5.41, 5.74) is 3.54. The molecule has 3 heterocycles. The number of aromatic nitrogens is 4. The van der Waals surface area contributed by atoms with E-state index in [9.17, 15) is 5.11 Å². The first-order chi connectivity index (χ1) is 13.0. The SMILES string of the molecule is CCn1ncc2cc(C3=Nc4c(C(=N)C(C)C=N)cnn4C(O)C3)ccc21. The van der Waals surface area contributed by atoms with Crippen LogP contribution < -0.4 is 0 Å². The number of benzene rings is 1. The summed E-state index contributed by atoms with van der Waals surface area (Å²) in [7, 11) is 0. The van der Waals surface area contributed by atoms with E-state index in [-0.39, 0.29) is 11.6 Å². The molecule has 0 bridgehead atoms. The molecule has 0 radical (unpaired) electrons. The Bertz CT molecular complexity index is 1080. The van der Waals surface area contributed by atoms with Crippen LogP contribution in [0.1, 0.15) is 37.6 Å². The molecule has 0 saturated heterocycles. The van der Waals surface area contributed by atoms with Crippen molar-refractivity contribution in [3.05, 3.63) is 41.7 Å². The van der Waals surface area contributed by atoms with Crippen molar-refractivity contribution < 1.29 is 5.11 Å². The second-order valence-electron chi connectivity index (χ2n) is 6.67. The third kappa shape index (κ3) is 2.78. The molecule has 0 fully saturated rings. The lowest BCUT2D eigenvalue weighted by Crippen LogP contribution is -2.20. The van der Waals surface area contributed by atoms with E-state index in [0.29, 0.717) is 17.8 Å². The van der Waals surface area contributed by atoms with E-state index in [0.717, 1.165) is 28.7 Å². The summed E-state index contributed by atoms with van der Waals surface area (Å²) < 4.78 is 3.38. The third-order valence-electron chi connectivity index (χ3n) is 4.94. The zero-order valence-electron chi connectivity index (χ0n) is 15.2. The van der Waals surface area contributed by atoms with Crippen molar-refractivity contribution in [3.63, 3.8) is 0 Å². The Morgan fingerprint density at radius 1 is 1.37 bits per heavy atom. The van der Waals surface area contributed by atoms with Crippen molar-refractivity contribution in [1.82, 2.24) is 19.6 Å². The number of rotatable bonds is 5. The number of nitrogens with one attached hydrogen (secondary N) is 2. The highest BCUT2D eigenvalue weighted by Crippen LogP contribution is 2.32. The van der Waals surface area contributed by atoms with Gasteiger partial charge in [0.25, 0.3) is 0 Å². The maximum absolute atomic E-state index is 10.5. The number of nitrogens with zero attached hydrogens (tertiary/aromatic N) is 5. The molecule has 8 nitrogen and oxygen atoms in total. The molecule has 8 heteroatoms. The molecule has 2 aromatic heterocycles. The summed E-state index contributed by atoms with van der Waals surface area (Å²) >= 11 is 0. The summed E-state index contributed by atoms with van der Waals surface area (Å²) in [6.07, 6.45) is 4.10. The van der Waals surface area contributed by atoms with E-state index in [1.165, 1.54) is 10.9 Å². The second-order valence-corrected chi connectivity index (χ2v) is 6.67. The normalized spacial score (nSPS) is 17.4. The van der Waals surface area contributed by atoms with Gasteiger partial charge in [0, 0.05) is 30.5 Å². The molecule has 27 heavy (non-hydrogen) atoms. The predicted molar refractivity (Wildman–Crippen MR) is 104 cm³/mol. The first kappa shape index (κ1) is 17.3. The quantitative estimate of drug-likeness (QED) is 0.605. The Morgan fingerprint density at radius 2 is 2.19 bits per heavy atom. The molecule has 1 aromatic carbocycles. The number of hydrogen-bond acceptors (Lipinski definition) is 6. The Labute approximate surface area is 156 Å². The molecule has 1 aliphatic heterocycles. The standard InChI is InChI=1S/C19H21N7O/c1-3-25-16-5-4-12(6-13(16)9-22-25)15-7-17(27)26-19(24-15)14(10-23-26)18(21)11(2)8-20/h4-6,8-11,17,20-21,27H,3,7H2,1-2H3. The van der Waals surface area contributed by atoms with Gasteiger partial charge in [-0.25, -0.2) is 9.67 Å². The van der Waals surface area contributed by atoms with Crippen molar-refractivity contribution in [2.75, 3.05) is 0 Å². The van der Waals surface area contributed by atoms with Crippen LogP contribution >= 0.6 is 0 Å². The minimum Gasteiger partial charge on any atom is -0.371 e. The molecule has 138 valence electrons. The van der Waals surface area contributed by atoms with Crippen LogP contribution in [0.5, 0.6) is 0 Å². The lowest BCUT2D eigenvalue weighted by molar-refractivity contribution is 0.0976. The fourth-order valence-corrected chi connectivity index (χ4v) is 3.34. The largest absolute Gasteiger partial charge is 0.371 e. The van der Waals surface area contributed by atoms with Gasteiger partial charge in [-0.15, -0.1) is 0 Å². The number of aryl methyl sites for hydroxylation is 1. The van der Waals surface area contributed by atoms with Gasteiger partial charge in [-0.2, -0.15) is 10.2 Å². The molecule has 2 unspecified atom stereocenters. The highest BCUT2D eigenvalue weighted by Gasteiger charge is 2.27. The summed E-state index contributed by atoms with van der Waals surface area (Å²) in [6, 6.07) is 6.03. The van der Waals surface area contributed by atoms with E-state index in [4.69, 9.17) is 15.8 Å². The molecule has 1 aliphatic rings. The Hall–Kier alpha value is -3.13. The monoisotopic (exact) mass is 363 g/mol. The molecular weight excluding hydrogens is 342 g/mol. The topological polar surface area (TPSA) is 116 Å². The van der Waals surface area contributed by atoms with Crippen LogP contribution in [-0.2, 0) is 6.54 Å². The molecule has 3 aromatic rings. The molecule has 0 aliphatic carbocycles. The minimum absolute atomic E-state index is 0.267. The zero-order chi connectivity index (χ0) is 19.1. The number of fused-ring (bicyclic) bond motifs is 2. The van der Waals surface area contributed by atoms with Gasteiger partial charge in [0.2, 0.25) is 0 Å². The maximum Gasteiger partial charge on any atom is 0.162 e. The van der Waals surface area contributed by atoms with Gasteiger partial charge in [0.1, 0.15) is 0 Å². The number of aliphatic imine (C=N–C) groups is 1. The summed E-state index contributed by atoms with van der Waals surface area (Å²) in [6.45, 7) is 4.63. The minimum atomic E-state index is -0.835. The smallest absolute Gasteiger partial charge is 0.162 e. The lowest BCUT2D eigenvalue weighted by atomic mass is 10.00. The Kier molecular flexibility index (Phi) is 4.19. The predicted octanol–water partition coefficient (Wildman–Crippen LogP) is 2.92. The third-order valence-corrected chi connectivity index (χ3v) is 4.94. The number of aliphatic hydroxyl groups excluding tert-OH is 1. The van der Waals surface area contributed by atoms with Crippen molar-refractivity contribution in [2.45, 2.75) is 33.0 Å². The van der Waals surface area contributed by atoms with Crippen molar-refractivity contribution >= 4 is 34.4 Å².